The van der Waals surface area contributed by atoms with E-state index in [1.165, 1.54) is 0 Å². The van der Waals surface area contributed by atoms with Gasteiger partial charge in [-0.2, -0.15) is 0 Å². The van der Waals surface area contributed by atoms with Crippen LogP contribution in [0.5, 0.6) is 0 Å². The monoisotopic (exact) mass is 346 g/mol. The number of rotatable bonds is 5. The van der Waals surface area contributed by atoms with Crippen molar-refractivity contribution < 1.29 is 4.74 Å². The molecule has 1 aliphatic rings. The van der Waals surface area contributed by atoms with Gasteiger partial charge < -0.3 is 9.30 Å². The number of ether oxygens (including phenoxy) is 1. The van der Waals surface area contributed by atoms with Crippen LogP contribution in [0, 0.1) is 5.92 Å². The van der Waals surface area contributed by atoms with Crippen molar-refractivity contribution >= 4 is 45.8 Å². The summed E-state index contributed by atoms with van der Waals surface area (Å²) >= 11 is 18.1. The van der Waals surface area contributed by atoms with Crippen LogP contribution in [0.4, 0.5) is 0 Å². The lowest BCUT2D eigenvalue weighted by molar-refractivity contribution is 0.183. The zero-order valence-electron chi connectivity index (χ0n) is 11.6. The first kappa shape index (κ1) is 15.4. The highest BCUT2D eigenvalue weighted by molar-refractivity contribution is 6.42. The SMILES string of the molecule is ClCCc1nc2cc(Cl)c(Cl)cc2n1CCC1CCOC1. The van der Waals surface area contributed by atoms with E-state index in [0.29, 0.717) is 21.8 Å². The van der Waals surface area contributed by atoms with Gasteiger partial charge in [0.05, 0.1) is 21.1 Å². The summed E-state index contributed by atoms with van der Waals surface area (Å²) in [5, 5.41) is 1.10. The average Bonchev–Trinajstić information content (AvgIpc) is 3.06. The van der Waals surface area contributed by atoms with E-state index in [2.05, 4.69) is 9.55 Å². The van der Waals surface area contributed by atoms with Gasteiger partial charge in [-0.25, -0.2) is 4.98 Å². The number of halogens is 3. The van der Waals surface area contributed by atoms with Crippen LogP contribution in [0.3, 0.4) is 0 Å². The summed E-state index contributed by atoms with van der Waals surface area (Å²) in [6, 6.07) is 3.72. The second kappa shape index (κ2) is 6.74. The largest absolute Gasteiger partial charge is 0.381 e. The minimum absolute atomic E-state index is 0.537. The van der Waals surface area contributed by atoms with Crippen molar-refractivity contribution in [1.82, 2.24) is 9.55 Å². The Labute approximate surface area is 139 Å². The Morgan fingerprint density at radius 3 is 2.81 bits per heavy atom. The molecular formula is C15H17Cl3N2O. The van der Waals surface area contributed by atoms with Gasteiger partial charge >= 0.3 is 0 Å². The van der Waals surface area contributed by atoms with E-state index in [-0.39, 0.29) is 0 Å². The quantitative estimate of drug-likeness (QED) is 0.742. The number of aryl methyl sites for hydroxylation is 2. The van der Waals surface area contributed by atoms with Crippen molar-refractivity contribution in [3.05, 3.63) is 28.0 Å². The molecule has 1 atom stereocenters. The molecule has 1 unspecified atom stereocenters. The van der Waals surface area contributed by atoms with Gasteiger partial charge in [0.25, 0.3) is 0 Å². The molecule has 0 radical (unpaired) electrons. The van der Waals surface area contributed by atoms with E-state index in [1.54, 1.807) is 0 Å². The minimum atomic E-state index is 0.537. The van der Waals surface area contributed by atoms with Crippen molar-refractivity contribution in [3.8, 4) is 0 Å². The molecule has 6 heteroatoms. The summed E-state index contributed by atoms with van der Waals surface area (Å²) < 4.78 is 7.66. The van der Waals surface area contributed by atoms with Crippen LogP contribution in [0.25, 0.3) is 11.0 Å². The predicted molar refractivity (Wildman–Crippen MR) is 87.7 cm³/mol. The fourth-order valence-electron chi connectivity index (χ4n) is 2.82. The Kier molecular flexibility index (Phi) is 4.95. The summed E-state index contributed by atoms with van der Waals surface area (Å²) in [7, 11) is 0. The molecule has 1 aromatic heterocycles. The molecule has 1 fully saturated rings. The molecule has 1 aromatic carbocycles. The highest BCUT2D eigenvalue weighted by Gasteiger charge is 2.18. The van der Waals surface area contributed by atoms with Gasteiger partial charge in [0.2, 0.25) is 0 Å². The molecule has 0 bridgehead atoms. The zero-order valence-corrected chi connectivity index (χ0v) is 13.9. The van der Waals surface area contributed by atoms with Crippen molar-refractivity contribution in [2.75, 3.05) is 19.1 Å². The Balaban J connectivity index is 1.92. The third-order valence-corrected chi connectivity index (χ3v) is 4.88. The third kappa shape index (κ3) is 3.31. The second-order valence-corrected chi connectivity index (χ2v) is 6.58. The van der Waals surface area contributed by atoms with E-state index >= 15 is 0 Å². The van der Waals surface area contributed by atoms with Crippen LogP contribution >= 0.6 is 34.8 Å². The number of imidazole rings is 1. The first-order chi connectivity index (χ1) is 10.2. The van der Waals surface area contributed by atoms with E-state index in [0.717, 1.165) is 55.9 Å². The van der Waals surface area contributed by atoms with Crippen LogP contribution < -0.4 is 0 Å². The smallest absolute Gasteiger partial charge is 0.111 e. The Morgan fingerprint density at radius 2 is 2.10 bits per heavy atom. The molecule has 0 amide bonds. The molecule has 114 valence electrons. The average molecular weight is 348 g/mol. The van der Waals surface area contributed by atoms with Gasteiger partial charge in [-0.1, -0.05) is 23.2 Å². The molecule has 2 heterocycles. The molecule has 3 rings (SSSR count). The fraction of sp³-hybridized carbons (Fsp3) is 0.533. The fourth-order valence-corrected chi connectivity index (χ4v) is 3.30. The number of nitrogens with zero attached hydrogens (tertiary/aromatic N) is 2. The molecule has 1 aliphatic heterocycles. The maximum Gasteiger partial charge on any atom is 0.111 e. The number of aromatic nitrogens is 2. The number of hydrogen-bond donors (Lipinski definition) is 0. The lowest BCUT2D eigenvalue weighted by Crippen LogP contribution is -2.09. The highest BCUT2D eigenvalue weighted by atomic mass is 35.5. The van der Waals surface area contributed by atoms with Gasteiger partial charge in [0.15, 0.2) is 0 Å². The third-order valence-electron chi connectivity index (χ3n) is 3.97. The first-order valence-electron chi connectivity index (χ1n) is 7.17. The lowest BCUT2D eigenvalue weighted by Gasteiger charge is -2.12. The lowest BCUT2D eigenvalue weighted by atomic mass is 10.1. The minimum Gasteiger partial charge on any atom is -0.381 e. The van der Waals surface area contributed by atoms with E-state index in [1.807, 2.05) is 12.1 Å². The molecule has 3 nitrogen and oxygen atoms in total. The summed E-state index contributed by atoms with van der Waals surface area (Å²) in [6.07, 6.45) is 2.97. The van der Waals surface area contributed by atoms with Gasteiger partial charge in [-0.3, -0.25) is 0 Å². The predicted octanol–water partition coefficient (Wildman–Crippen LogP) is 4.55. The van der Waals surface area contributed by atoms with Gasteiger partial charge in [-0.15, -0.1) is 11.6 Å². The number of benzene rings is 1. The molecule has 2 aromatic rings. The Bertz CT molecular complexity index is 635. The van der Waals surface area contributed by atoms with Crippen LogP contribution in [0.15, 0.2) is 12.1 Å². The summed E-state index contributed by atoms with van der Waals surface area (Å²) in [5.74, 6) is 2.18. The molecule has 0 aliphatic carbocycles. The van der Waals surface area contributed by atoms with Gasteiger partial charge in [-0.05, 0) is 30.9 Å². The molecule has 0 saturated carbocycles. The van der Waals surface area contributed by atoms with Crippen LogP contribution in [-0.4, -0.2) is 28.6 Å². The summed E-state index contributed by atoms with van der Waals surface area (Å²) in [5.41, 5.74) is 1.91. The second-order valence-electron chi connectivity index (χ2n) is 5.39. The van der Waals surface area contributed by atoms with Crippen LogP contribution in [0.2, 0.25) is 10.0 Å². The summed E-state index contributed by atoms with van der Waals surface area (Å²) in [4.78, 5) is 4.65. The normalized spacial score (nSPS) is 18.7. The van der Waals surface area contributed by atoms with Crippen molar-refractivity contribution in [3.63, 3.8) is 0 Å². The van der Waals surface area contributed by atoms with Crippen molar-refractivity contribution in [2.45, 2.75) is 25.8 Å². The molecule has 0 spiro atoms. The van der Waals surface area contributed by atoms with Gasteiger partial charge in [0.1, 0.15) is 5.82 Å². The number of alkyl halides is 1. The van der Waals surface area contributed by atoms with Crippen LogP contribution in [-0.2, 0) is 17.7 Å². The van der Waals surface area contributed by atoms with E-state index in [9.17, 15) is 0 Å². The standard InChI is InChI=1S/C15H17Cl3N2O/c16-4-1-15-19-13-7-11(17)12(18)8-14(13)20(15)5-2-10-3-6-21-9-10/h7-8,10H,1-6,9H2. The van der Waals surface area contributed by atoms with Crippen LogP contribution in [0.1, 0.15) is 18.7 Å². The van der Waals surface area contributed by atoms with Crippen molar-refractivity contribution in [2.24, 2.45) is 5.92 Å². The summed E-state index contributed by atoms with van der Waals surface area (Å²) in [6.45, 7) is 2.66. The van der Waals surface area contributed by atoms with Crippen molar-refractivity contribution in [1.29, 1.82) is 0 Å². The number of fused-ring (bicyclic) bond motifs is 1. The van der Waals surface area contributed by atoms with E-state index in [4.69, 9.17) is 39.5 Å². The highest BCUT2D eigenvalue weighted by Crippen LogP contribution is 2.29. The Morgan fingerprint density at radius 1 is 1.29 bits per heavy atom. The van der Waals surface area contributed by atoms with Gasteiger partial charge in [0, 0.05) is 32.1 Å². The number of hydrogen-bond acceptors (Lipinski definition) is 2. The zero-order chi connectivity index (χ0) is 14.8. The molecular weight excluding hydrogens is 331 g/mol. The maximum absolute atomic E-state index is 6.15. The molecule has 21 heavy (non-hydrogen) atoms. The first-order valence-corrected chi connectivity index (χ1v) is 8.46. The van der Waals surface area contributed by atoms with E-state index < -0.39 is 0 Å². The topological polar surface area (TPSA) is 27.1 Å². The Hall–Kier alpha value is -0.480. The molecule has 0 N–H and O–H groups in total. The molecule has 1 saturated heterocycles. The maximum atomic E-state index is 6.15.